The van der Waals surface area contributed by atoms with Gasteiger partial charge in [-0.15, -0.1) is 0 Å². The topological polar surface area (TPSA) is 51.1 Å². The minimum atomic E-state index is -0.408. The molecule has 0 bridgehead atoms. The van der Waals surface area contributed by atoms with E-state index in [1.807, 2.05) is 18.2 Å². The lowest BCUT2D eigenvalue weighted by Gasteiger charge is -2.30. The van der Waals surface area contributed by atoms with Gasteiger partial charge in [0.05, 0.1) is 12.8 Å². The minimum absolute atomic E-state index is 0.408. The molecule has 1 aliphatic rings. The van der Waals surface area contributed by atoms with Gasteiger partial charge in [0.1, 0.15) is 5.75 Å². The highest BCUT2D eigenvalue weighted by atomic mass is 16.7. The summed E-state index contributed by atoms with van der Waals surface area (Å²) < 4.78 is 5.24. The van der Waals surface area contributed by atoms with Gasteiger partial charge in [-0.3, -0.25) is 0 Å². The largest absolute Gasteiger partial charge is 0.497 e. The van der Waals surface area contributed by atoms with E-state index in [2.05, 4.69) is 17.0 Å². The number of anilines is 1. The van der Waals surface area contributed by atoms with Crippen LogP contribution in [0.25, 0.3) is 0 Å². The second-order valence-corrected chi connectivity index (χ2v) is 4.33. The second-order valence-electron chi connectivity index (χ2n) is 4.33. The molecule has 5 heteroatoms. The number of fused-ring (bicyclic) bond motifs is 1. The van der Waals surface area contributed by atoms with Gasteiger partial charge in [-0.25, -0.2) is 4.79 Å². The molecule has 102 valence electrons. The highest BCUT2D eigenvalue weighted by Gasteiger charge is 2.22. The average Bonchev–Trinajstić information content (AvgIpc) is 2.43. The lowest BCUT2D eigenvalue weighted by atomic mass is 9.99. The number of carbonyl (C=O) groups excluding carboxylic acids is 1. The van der Waals surface area contributed by atoms with Gasteiger partial charge in [-0.05, 0) is 25.1 Å². The first-order valence-corrected chi connectivity index (χ1v) is 6.33. The maximum absolute atomic E-state index is 10.9. The fraction of sp³-hybridized carbons (Fsp3) is 0.429. The Labute approximate surface area is 112 Å². The molecular formula is C14H18N2O3. The molecule has 2 rings (SSSR count). The highest BCUT2D eigenvalue weighted by Crippen LogP contribution is 2.30. The van der Waals surface area contributed by atoms with Crippen molar-refractivity contribution in [1.82, 2.24) is 0 Å². The number of hydrogen-bond donors (Lipinski definition) is 0. The van der Waals surface area contributed by atoms with Gasteiger partial charge in [-0.2, -0.15) is 0 Å². The van der Waals surface area contributed by atoms with Crippen molar-refractivity contribution >= 4 is 17.4 Å². The standard InChI is InChI=1S/C14H18N2O3/c1-4-16-8-7-13(15-19-10(2)17)12-9-11(18-3)5-6-14(12)16/h5-6,9H,4,7-8H2,1-3H3/b15-13+. The number of carbonyl (C=O) groups is 1. The summed E-state index contributed by atoms with van der Waals surface area (Å²) in [5.41, 5.74) is 2.85. The third-order valence-electron chi connectivity index (χ3n) is 3.14. The Hall–Kier alpha value is -2.04. The van der Waals surface area contributed by atoms with E-state index in [-0.39, 0.29) is 0 Å². The maximum Gasteiger partial charge on any atom is 0.331 e. The first-order chi connectivity index (χ1) is 9.15. The van der Waals surface area contributed by atoms with Crippen molar-refractivity contribution in [2.75, 3.05) is 25.1 Å². The fourth-order valence-electron chi connectivity index (χ4n) is 2.19. The predicted molar refractivity (Wildman–Crippen MR) is 73.8 cm³/mol. The summed E-state index contributed by atoms with van der Waals surface area (Å²) in [4.78, 5) is 17.9. The Morgan fingerprint density at radius 1 is 1.47 bits per heavy atom. The van der Waals surface area contributed by atoms with E-state index >= 15 is 0 Å². The van der Waals surface area contributed by atoms with Gasteiger partial charge in [-0.1, -0.05) is 5.16 Å². The summed E-state index contributed by atoms with van der Waals surface area (Å²) >= 11 is 0. The minimum Gasteiger partial charge on any atom is -0.497 e. The van der Waals surface area contributed by atoms with Gasteiger partial charge >= 0.3 is 5.97 Å². The molecule has 0 unspecified atom stereocenters. The molecule has 0 aromatic heterocycles. The predicted octanol–water partition coefficient (Wildman–Crippen LogP) is 2.19. The summed E-state index contributed by atoms with van der Waals surface area (Å²) in [6.45, 7) is 5.26. The number of methoxy groups -OCH3 is 1. The molecule has 0 spiro atoms. The van der Waals surface area contributed by atoms with Gasteiger partial charge in [0.2, 0.25) is 0 Å². The summed E-state index contributed by atoms with van der Waals surface area (Å²) in [7, 11) is 1.63. The number of benzene rings is 1. The van der Waals surface area contributed by atoms with Crippen LogP contribution in [-0.2, 0) is 9.63 Å². The molecule has 0 N–H and O–H groups in total. The van der Waals surface area contributed by atoms with E-state index in [1.165, 1.54) is 6.92 Å². The van der Waals surface area contributed by atoms with Crippen molar-refractivity contribution in [3.63, 3.8) is 0 Å². The van der Waals surface area contributed by atoms with Crippen molar-refractivity contribution in [3.8, 4) is 5.75 Å². The van der Waals surface area contributed by atoms with Crippen LogP contribution in [0, 0.1) is 0 Å². The summed E-state index contributed by atoms with van der Waals surface area (Å²) in [6.07, 6.45) is 0.751. The first kappa shape index (κ1) is 13.4. The summed E-state index contributed by atoms with van der Waals surface area (Å²) in [5, 5.41) is 3.95. The number of nitrogens with zero attached hydrogens (tertiary/aromatic N) is 2. The van der Waals surface area contributed by atoms with E-state index in [0.29, 0.717) is 0 Å². The van der Waals surface area contributed by atoms with E-state index in [1.54, 1.807) is 7.11 Å². The molecular weight excluding hydrogens is 244 g/mol. The smallest absolute Gasteiger partial charge is 0.331 e. The Morgan fingerprint density at radius 3 is 2.89 bits per heavy atom. The van der Waals surface area contributed by atoms with Gasteiger partial charge in [0, 0.05) is 37.7 Å². The summed E-state index contributed by atoms with van der Waals surface area (Å²) in [5.74, 6) is 0.363. The molecule has 0 fully saturated rings. The molecule has 1 aromatic rings. The van der Waals surface area contributed by atoms with Crippen molar-refractivity contribution in [1.29, 1.82) is 0 Å². The monoisotopic (exact) mass is 262 g/mol. The van der Waals surface area contributed by atoms with E-state index < -0.39 is 5.97 Å². The zero-order chi connectivity index (χ0) is 13.8. The van der Waals surface area contributed by atoms with Crippen molar-refractivity contribution in [3.05, 3.63) is 23.8 Å². The Morgan fingerprint density at radius 2 is 2.26 bits per heavy atom. The molecule has 0 saturated heterocycles. The second kappa shape index (κ2) is 5.73. The molecule has 1 aromatic carbocycles. The van der Waals surface area contributed by atoms with Gasteiger partial charge in [0.15, 0.2) is 0 Å². The average molecular weight is 262 g/mol. The lowest BCUT2D eigenvalue weighted by Crippen LogP contribution is -2.32. The van der Waals surface area contributed by atoms with Crippen LogP contribution in [0.1, 0.15) is 25.8 Å². The van der Waals surface area contributed by atoms with Gasteiger partial charge < -0.3 is 14.5 Å². The normalized spacial score (nSPS) is 16.2. The molecule has 0 radical (unpaired) electrons. The first-order valence-electron chi connectivity index (χ1n) is 6.33. The van der Waals surface area contributed by atoms with E-state index in [0.717, 1.165) is 42.2 Å². The molecule has 0 amide bonds. The third kappa shape index (κ3) is 2.86. The van der Waals surface area contributed by atoms with Crippen LogP contribution >= 0.6 is 0 Å². The van der Waals surface area contributed by atoms with Crippen LogP contribution in [0.15, 0.2) is 23.4 Å². The number of ether oxygens (including phenoxy) is 1. The molecule has 1 heterocycles. The molecule has 0 aliphatic carbocycles. The Bertz CT molecular complexity index is 511. The van der Waals surface area contributed by atoms with Crippen molar-refractivity contribution < 1.29 is 14.4 Å². The van der Waals surface area contributed by atoms with Crippen LogP contribution in [-0.4, -0.2) is 31.9 Å². The van der Waals surface area contributed by atoms with Crippen LogP contribution < -0.4 is 9.64 Å². The Kier molecular flexibility index (Phi) is 4.04. The number of oxime groups is 1. The van der Waals surface area contributed by atoms with Crippen molar-refractivity contribution in [2.45, 2.75) is 20.3 Å². The zero-order valence-corrected chi connectivity index (χ0v) is 11.5. The maximum atomic E-state index is 10.9. The molecule has 0 atom stereocenters. The molecule has 0 saturated carbocycles. The van der Waals surface area contributed by atoms with Gasteiger partial charge in [0.25, 0.3) is 0 Å². The summed E-state index contributed by atoms with van der Waals surface area (Å²) in [6, 6.07) is 5.87. The molecule has 5 nitrogen and oxygen atoms in total. The number of rotatable bonds is 3. The SMILES string of the molecule is CCN1CC/C(=N\OC(C)=O)c2cc(OC)ccc21. The van der Waals surface area contributed by atoms with Crippen molar-refractivity contribution in [2.24, 2.45) is 5.16 Å². The number of hydrogen-bond acceptors (Lipinski definition) is 5. The van der Waals surface area contributed by atoms with Crippen LogP contribution in [0.5, 0.6) is 5.75 Å². The fourth-order valence-corrected chi connectivity index (χ4v) is 2.19. The third-order valence-corrected chi connectivity index (χ3v) is 3.14. The molecule has 19 heavy (non-hydrogen) atoms. The quantitative estimate of drug-likeness (QED) is 0.619. The molecule has 1 aliphatic heterocycles. The zero-order valence-electron chi connectivity index (χ0n) is 11.5. The van der Waals surface area contributed by atoms with E-state index in [9.17, 15) is 4.79 Å². The lowest BCUT2D eigenvalue weighted by molar-refractivity contribution is -0.140. The van der Waals surface area contributed by atoms with Crippen LogP contribution in [0.3, 0.4) is 0 Å². The highest BCUT2D eigenvalue weighted by molar-refractivity contribution is 6.07. The van der Waals surface area contributed by atoms with Crippen LogP contribution in [0.4, 0.5) is 5.69 Å². The van der Waals surface area contributed by atoms with Crippen LogP contribution in [0.2, 0.25) is 0 Å². The van der Waals surface area contributed by atoms with E-state index in [4.69, 9.17) is 9.57 Å². The Balaban J connectivity index is 2.41.